The molecule has 4 rings (SSSR count). The summed E-state index contributed by atoms with van der Waals surface area (Å²) in [6.07, 6.45) is -7.01. The van der Waals surface area contributed by atoms with Crippen molar-refractivity contribution in [2.24, 2.45) is 0 Å². The Morgan fingerprint density at radius 3 is 1.19 bits per heavy atom. The van der Waals surface area contributed by atoms with Crippen molar-refractivity contribution < 1.29 is 45.4 Å². The third-order valence-corrected chi connectivity index (χ3v) is 7.91. The van der Waals surface area contributed by atoms with Gasteiger partial charge in [-0.1, -0.05) is 87.4 Å². The van der Waals surface area contributed by atoms with Gasteiger partial charge in [0.05, 0.1) is 11.1 Å². The molecule has 10 heteroatoms. The van der Waals surface area contributed by atoms with Crippen molar-refractivity contribution in [2.75, 3.05) is 0 Å². The molecule has 0 fully saturated rings. The minimum atomic E-state index is -5.86. The third kappa shape index (κ3) is 7.69. The minimum Gasteiger partial charge on any atom is -0.423 e. The van der Waals surface area contributed by atoms with Crippen LogP contribution < -0.4 is 9.47 Å². The number of aryl methyl sites for hydroxylation is 2. The fraction of sp³-hybridized carbons (Fsp3) is 0.297. The zero-order chi connectivity index (χ0) is 34.2. The smallest absolute Gasteiger partial charge is 0.411 e. The van der Waals surface area contributed by atoms with Gasteiger partial charge in [-0.2, -0.15) is 26.3 Å². The fourth-order valence-electron chi connectivity index (χ4n) is 5.37. The number of carbonyl (C=O) groups excluding carboxylic acids is 2. The van der Waals surface area contributed by atoms with Gasteiger partial charge in [-0.05, 0) is 84.3 Å². The van der Waals surface area contributed by atoms with E-state index in [4.69, 9.17) is 9.47 Å². The first kappa shape index (κ1) is 35.3. The molecule has 0 N–H and O–H groups in total. The number of unbranched alkanes of at least 4 members (excludes halogenated alkanes) is 2. The van der Waals surface area contributed by atoms with E-state index < -0.39 is 40.8 Å². The summed E-state index contributed by atoms with van der Waals surface area (Å²) in [6, 6.07) is 19.5. The molecule has 0 atom stereocenters. The molecular weight excluding hydrogens is 622 g/mol. The maximum atomic E-state index is 14.7. The second-order valence-electron chi connectivity index (χ2n) is 11.1. The van der Waals surface area contributed by atoms with Gasteiger partial charge in [0.1, 0.15) is 11.5 Å². The van der Waals surface area contributed by atoms with Gasteiger partial charge in [0.25, 0.3) is 0 Å². The number of carbonyl (C=O) groups is 2. The Bertz CT molecular complexity index is 1530. The number of benzene rings is 4. The Balaban J connectivity index is 1.65. The van der Waals surface area contributed by atoms with E-state index >= 15 is 0 Å². The van der Waals surface area contributed by atoms with Crippen molar-refractivity contribution in [1.82, 2.24) is 0 Å². The standard InChI is InChI=1S/C37H34F6O4/c1-3-5-11-25-13-7-9-15-31(25)46-33(44)27-17-21-29(22-18-27)35(36(38,39)40,37(41,42)43)30-23-19-28(20-24-30)34(45)47-32-16-10-8-14-26(32)12-6-4-2/h7-10,13-24H,3-6,11-12H2,1-2H3. The van der Waals surface area contributed by atoms with Crippen molar-refractivity contribution in [2.45, 2.75) is 70.1 Å². The SMILES string of the molecule is CCCCc1ccccc1OC(=O)c1ccc(C(c2ccc(C(=O)Oc3ccccc3CCCC)cc2)(C(F)(F)F)C(F)(F)F)cc1. The summed E-state index contributed by atoms with van der Waals surface area (Å²) < 4.78 is 99.3. The van der Waals surface area contributed by atoms with Crippen LogP contribution in [0.4, 0.5) is 26.3 Å². The molecule has 0 aliphatic rings. The summed E-state index contributed by atoms with van der Waals surface area (Å²) in [6.45, 7) is 3.99. The molecule has 0 amide bonds. The van der Waals surface area contributed by atoms with E-state index in [0.717, 1.165) is 61.1 Å². The summed E-state index contributed by atoms with van der Waals surface area (Å²) in [5, 5.41) is 0. The van der Waals surface area contributed by atoms with Crippen molar-refractivity contribution >= 4 is 11.9 Å². The largest absolute Gasteiger partial charge is 0.423 e. The van der Waals surface area contributed by atoms with Gasteiger partial charge in [-0.15, -0.1) is 0 Å². The molecule has 0 bridgehead atoms. The highest BCUT2D eigenvalue weighted by atomic mass is 19.4. The molecule has 0 saturated heterocycles. The second-order valence-corrected chi connectivity index (χ2v) is 11.1. The van der Waals surface area contributed by atoms with Crippen LogP contribution in [-0.2, 0) is 18.3 Å². The lowest BCUT2D eigenvalue weighted by atomic mass is 9.72. The highest BCUT2D eigenvalue weighted by molar-refractivity contribution is 5.92. The Labute approximate surface area is 269 Å². The van der Waals surface area contributed by atoms with E-state index in [2.05, 4.69) is 0 Å². The topological polar surface area (TPSA) is 52.6 Å². The summed E-state index contributed by atoms with van der Waals surface area (Å²) in [5.74, 6) is -1.33. The lowest BCUT2D eigenvalue weighted by molar-refractivity contribution is -0.288. The first-order valence-corrected chi connectivity index (χ1v) is 15.3. The molecule has 47 heavy (non-hydrogen) atoms. The highest BCUT2D eigenvalue weighted by Gasteiger charge is 2.72. The Morgan fingerprint density at radius 1 is 0.532 bits per heavy atom. The van der Waals surface area contributed by atoms with E-state index in [9.17, 15) is 35.9 Å². The van der Waals surface area contributed by atoms with Crippen LogP contribution >= 0.6 is 0 Å². The van der Waals surface area contributed by atoms with Gasteiger partial charge in [-0.3, -0.25) is 0 Å². The van der Waals surface area contributed by atoms with Gasteiger partial charge in [0.15, 0.2) is 0 Å². The lowest BCUT2D eigenvalue weighted by Crippen LogP contribution is -2.54. The third-order valence-electron chi connectivity index (χ3n) is 7.91. The summed E-state index contributed by atoms with van der Waals surface area (Å²) >= 11 is 0. The average Bonchev–Trinajstić information content (AvgIpc) is 3.03. The van der Waals surface area contributed by atoms with Gasteiger partial charge in [0, 0.05) is 0 Å². The number of hydrogen-bond donors (Lipinski definition) is 0. The molecule has 0 aromatic heterocycles. The molecular formula is C37H34F6O4. The number of ether oxygens (including phenoxy) is 2. The Hall–Kier alpha value is -4.60. The fourth-order valence-corrected chi connectivity index (χ4v) is 5.37. The number of alkyl halides is 6. The number of hydrogen-bond acceptors (Lipinski definition) is 4. The Morgan fingerprint density at radius 2 is 0.872 bits per heavy atom. The molecule has 4 nitrogen and oxygen atoms in total. The van der Waals surface area contributed by atoms with E-state index in [1.807, 2.05) is 13.8 Å². The van der Waals surface area contributed by atoms with Crippen LogP contribution in [0, 0.1) is 0 Å². The molecule has 0 aliphatic heterocycles. The van der Waals surface area contributed by atoms with Crippen molar-refractivity contribution in [3.63, 3.8) is 0 Å². The van der Waals surface area contributed by atoms with Gasteiger partial charge < -0.3 is 9.47 Å². The van der Waals surface area contributed by atoms with Crippen molar-refractivity contribution in [3.8, 4) is 11.5 Å². The number of para-hydroxylation sites is 2. The zero-order valence-electron chi connectivity index (χ0n) is 25.9. The van der Waals surface area contributed by atoms with Gasteiger partial charge in [0.2, 0.25) is 5.41 Å². The lowest BCUT2D eigenvalue weighted by Gasteiger charge is -2.38. The second kappa shape index (κ2) is 14.9. The molecule has 0 unspecified atom stereocenters. The van der Waals surface area contributed by atoms with E-state index in [1.165, 1.54) is 0 Å². The first-order valence-electron chi connectivity index (χ1n) is 15.3. The van der Waals surface area contributed by atoms with Gasteiger partial charge in [-0.25, -0.2) is 9.59 Å². The molecule has 0 aliphatic carbocycles. The molecule has 0 radical (unpaired) electrons. The van der Waals surface area contributed by atoms with Crippen LogP contribution in [-0.4, -0.2) is 24.3 Å². The van der Waals surface area contributed by atoms with Crippen LogP contribution in [0.2, 0.25) is 0 Å². The highest BCUT2D eigenvalue weighted by Crippen LogP contribution is 2.56. The molecule has 0 heterocycles. The molecule has 4 aromatic rings. The van der Waals surface area contributed by atoms with Crippen LogP contribution in [0.25, 0.3) is 0 Å². The van der Waals surface area contributed by atoms with E-state index in [-0.39, 0.29) is 22.6 Å². The normalized spacial score (nSPS) is 12.1. The maximum absolute atomic E-state index is 14.7. The summed E-state index contributed by atoms with van der Waals surface area (Å²) in [7, 11) is 0. The minimum absolute atomic E-state index is 0.227. The molecule has 0 saturated carbocycles. The van der Waals surface area contributed by atoms with Crippen LogP contribution in [0.3, 0.4) is 0 Å². The zero-order valence-corrected chi connectivity index (χ0v) is 25.9. The molecule has 0 spiro atoms. The van der Waals surface area contributed by atoms with E-state index in [0.29, 0.717) is 37.1 Å². The monoisotopic (exact) mass is 656 g/mol. The molecule has 4 aromatic carbocycles. The van der Waals surface area contributed by atoms with Crippen LogP contribution in [0.1, 0.15) is 82.5 Å². The Kier molecular flexibility index (Phi) is 11.2. The predicted octanol–water partition coefficient (Wildman–Crippen LogP) is 10.2. The molecule has 248 valence electrons. The predicted molar refractivity (Wildman–Crippen MR) is 166 cm³/mol. The van der Waals surface area contributed by atoms with Gasteiger partial charge >= 0.3 is 24.3 Å². The van der Waals surface area contributed by atoms with Crippen molar-refractivity contribution in [1.29, 1.82) is 0 Å². The quantitative estimate of drug-likeness (QED) is 0.0865. The van der Waals surface area contributed by atoms with Crippen LogP contribution in [0.5, 0.6) is 11.5 Å². The number of rotatable bonds is 12. The first-order chi connectivity index (χ1) is 22.3. The number of halogens is 6. The maximum Gasteiger partial charge on any atom is 0.411 e. The summed E-state index contributed by atoms with van der Waals surface area (Å²) in [4.78, 5) is 25.7. The summed E-state index contributed by atoms with van der Waals surface area (Å²) in [5.41, 5.74) is -5.73. The number of esters is 2. The van der Waals surface area contributed by atoms with Crippen LogP contribution in [0.15, 0.2) is 97.1 Å². The van der Waals surface area contributed by atoms with Crippen molar-refractivity contribution in [3.05, 3.63) is 130 Å². The van der Waals surface area contributed by atoms with E-state index in [1.54, 1.807) is 48.5 Å². The average molecular weight is 657 g/mol.